The smallest absolute Gasteiger partial charge is 0.0559 e. The van der Waals surface area contributed by atoms with Crippen LogP contribution in [0.1, 0.15) is 0 Å². The van der Waals surface area contributed by atoms with Gasteiger partial charge in [-0.2, -0.15) is 0 Å². The lowest BCUT2D eigenvalue weighted by Crippen LogP contribution is -1.71. The Labute approximate surface area is 129 Å². The number of hydrogen-bond donors (Lipinski definition) is 1. The van der Waals surface area contributed by atoms with Gasteiger partial charge in [0.15, 0.2) is 0 Å². The molecule has 3 heteroatoms. The Hall–Kier alpha value is -2.03. The molecule has 0 saturated carbocycles. The second-order valence-electron chi connectivity index (χ2n) is 5.27. The first-order valence-corrected chi connectivity index (χ1v) is 8.02. The molecule has 1 N–H and O–H groups in total. The maximum absolute atomic E-state index is 6.16. The van der Waals surface area contributed by atoms with Crippen molar-refractivity contribution in [3.05, 3.63) is 59.6 Å². The molecule has 0 bridgehead atoms. The highest BCUT2D eigenvalue weighted by Crippen LogP contribution is 2.40. The zero-order chi connectivity index (χ0) is 14.0. The molecule has 1 nitrogen and oxygen atoms in total. The third-order valence-electron chi connectivity index (χ3n) is 4.07. The van der Waals surface area contributed by atoms with Gasteiger partial charge in [0.1, 0.15) is 0 Å². The average Bonchev–Trinajstić information content (AvgIpc) is 3.04. The van der Waals surface area contributed by atoms with Crippen molar-refractivity contribution >= 4 is 64.9 Å². The summed E-state index contributed by atoms with van der Waals surface area (Å²) in [5.41, 5.74) is 2.35. The Balaban J connectivity index is 2.10. The van der Waals surface area contributed by atoms with Crippen molar-refractivity contribution in [3.63, 3.8) is 0 Å². The summed E-state index contributed by atoms with van der Waals surface area (Å²) in [6, 6.07) is 19.0. The first-order valence-electron chi connectivity index (χ1n) is 6.82. The van der Waals surface area contributed by atoms with Crippen LogP contribution < -0.4 is 0 Å². The Morgan fingerprint density at radius 2 is 1.71 bits per heavy atom. The van der Waals surface area contributed by atoms with E-state index in [4.69, 9.17) is 11.6 Å². The molecule has 100 valence electrons. The van der Waals surface area contributed by atoms with Crippen molar-refractivity contribution in [1.29, 1.82) is 0 Å². The zero-order valence-corrected chi connectivity index (χ0v) is 12.6. The number of rotatable bonds is 0. The number of hydrogen-bond acceptors (Lipinski definition) is 1. The minimum Gasteiger partial charge on any atom is -0.354 e. The van der Waals surface area contributed by atoms with Crippen LogP contribution in [0.25, 0.3) is 42.0 Å². The van der Waals surface area contributed by atoms with E-state index in [2.05, 4.69) is 47.4 Å². The molecule has 21 heavy (non-hydrogen) atoms. The summed E-state index contributed by atoms with van der Waals surface area (Å²) in [7, 11) is 0. The highest BCUT2D eigenvalue weighted by molar-refractivity contribution is 7.26. The van der Waals surface area contributed by atoms with E-state index in [0.29, 0.717) is 0 Å². The van der Waals surface area contributed by atoms with E-state index in [1.807, 2.05) is 23.5 Å². The van der Waals surface area contributed by atoms with Gasteiger partial charge >= 0.3 is 0 Å². The van der Waals surface area contributed by atoms with Crippen LogP contribution in [0, 0.1) is 0 Å². The Kier molecular flexibility index (Phi) is 2.21. The molecule has 0 spiro atoms. The van der Waals surface area contributed by atoms with Crippen molar-refractivity contribution in [3.8, 4) is 0 Å². The summed E-state index contributed by atoms with van der Waals surface area (Å²) in [5.74, 6) is 0. The fourth-order valence-electron chi connectivity index (χ4n) is 3.15. The molecule has 5 rings (SSSR count). The summed E-state index contributed by atoms with van der Waals surface area (Å²) in [6.07, 6.45) is 0. The second-order valence-corrected chi connectivity index (χ2v) is 6.79. The van der Waals surface area contributed by atoms with Crippen molar-refractivity contribution in [1.82, 2.24) is 4.98 Å². The van der Waals surface area contributed by atoms with Crippen molar-refractivity contribution in [2.24, 2.45) is 0 Å². The Bertz CT molecular complexity index is 1150. The van der Waals surface area contributed by atoms with Gasteiger partial charge in [-0.05, 0) is 30.3 Å². The summed E-state index contributed by atoms with van der Waals surface area (Å²) in [6.45, 7) is 0. The van der Waals surface area contributed by atoms with E-state index >= 15 is 0 Å². The fraction of sp³-hybridized carbons (Fsp3) is 0. The maximum Gasteiger partial charge on any atom is 0.0559 e. The predicted octanol–water partition coefficient (Wildman–Crippen LogP) is 6.34. The summed E-state index contributed by atoms with van der Waals surface area (Å²) in [5, 5.41) is 5.85. The molecular formula is C18H10ClNS. The quantitative estimate of drug-likeness (QED) is 0.343. The van der Waals surface area contributed by atoms with Crippen LogP contribution in [0.5, 0.6) is 0 Å². The highest BCUT2D eigenvalue weighted by Gasteiger charge is 2.12. The molecule has 3 aromatic carbocycles. The van der Waals surface area contributed by atoms with Crippen LogP contribution in [0.15, 0.2) is 54.6 Å². The van der Waals surface area contributed by atoms with Crippen LogP contribution >= 0.6 is 22.9 Å². The van der Waals surface area contributed by atoms with E-state index in [9.17, 15) is 0 Å². The summed E-state index contributed by atoms with van der Waals surface area (Å²) < 4.78 is 2.65. The number of benzene rings is 3. The van der Waals surface area contributed by atoms with Gasteiger partial charge in [0, 0.05) is 41.5 Å². The third kappa shape index (κ3) is 1.52. The van der Waals surface area contributed by atoms with Gasteiger partial charge in [-0.3, -0.25) is 0 Å². The first kappa shape index (κ1) is 11.6. The highest BCUT2D eigenvalue weighted by atomic mass is 35.5. The van der Waals surface area contributed by atoms with Crippen LogP contribution in [-0.2, 0) is 0 Å². The van der Waals surface area contributed by atoms with Gasteiger partial charge in [-0.15, -0.1) is 11.3 Å². The Morgan fingerprint density at radius 3 is 2.67 bits per heavy atom. The van der Waals surface area contributed by atoms with Gasteiger partial charge < -0.3 is 4.98 Å². The number of aromatic amines is 1. The minimum atomic E-state index is 0.777. The minimum absolute atomic E-state index is 0.777. The zero-order valence-electron chi connectivity index (χ0n) is 11.0. The first-order chi connectivity index (χ1) is 10.3. The lowest BCUT2D eigenvalue weighted by atomic mass is 10.1. The normalized spacial score (nSPS) is 12.0. The molecule has 0 aliphatic carbocycles. The van der Waals surface area contributed by atoms with Crippen LogP contribution in [-0.4, -0.2) is 4.98 Å². The Morgan fingerprint density at radius 1 is 0.810 bits per heavy atom. The molecule has 0 aliphatic rings. The molecule has 0 aliphatic heterocycles. The molecule has 0 amide bonds. The van der Waals surface area contributed by atoms with Crippen LogP contribution in [0.4, 0.5) is 0 Å². The largest absolute Gasteiger partial charge is 0.354 e. The van der Waals surface area contributed by atoms with E-state index in [1.165, 1.54) is 36.5 Å². The van der Waals surface area contributed by atoms with Crippen molar-refractivity contribution in [2.45, 2.75) is 0 Å². The fourth-order valence-corrected chi connectivity index (χ4v) is 4.44. The van der Waals surface area contributed by atoms with E-state index in [0.717, 1.165) is 10.5 Å². The van der Waals surface area contributed by atoms with E-state index in [1.54, 1.807) is 0 Å². The van der Waals surface area contributed by atoms with Crippen molar-refractivity contribution < 1.29 is 0 Å². The monoisotopic (exact) mass is 307 g/mol. The topological polar surface area (TPSA) is 15.8 Å². The van der Waals surface area contributed by atoms with Gasteiger partial charge in [-0.1, -0.05) is 35.9 Å². The number of fused-ring (bicyclic) bond motifs is 7. The average molecular weight is 308 g/mol. The number of halogens is 1. The van der Waals surface area contributed by atoms with Crippen LogP contribution in [0.3, 0.4) is 0 Å². The molecule has 2 aromatic heterocycles. The number of H-pyrrole nitrogens is 1. The predicted molar refractivity (Wildman–Crippen MR) is 93.7 cm³/mol. The second kappa shape index (κ2) is 4.00. The third-order valence-corrected chi connectivity index (χ3v) is 5.45. The SMILES string of the molecule is Clc1ccc2[nH]c3c(ccc4sc5ccccc5c43)c2c1. The molecule has 0 atom stereocenters. The molecule has 5 aromatic rings. The van der Waals surface area contributed by atoms with E-state index < -0.39 is 0 Å². The summed E-state index contributed by atoms with van der Waals surface area (Å²) >= 11 is 8.00. The van der Waals surface area contributed by atoms with Gasteiger partial charge in [0.05, 0.1) is 5.52 Å². The lowest BCUT2D eigenvalue weighted by molar-refractivity contribution is 1.57. The maximum atomic E-state index is 6.16. The molecule has 0 radical (unpaired) electrons. The standard InChI is InChI=1S/C18H10ClNS/c19-10-5-7-14-13(9-10)11-6-8-16-17(18(11)20-14)12-3-1-2-4-15(12)21-16/h1-9,20H. The van der Waals surface area contributed by atoms with E-state index in [-0.39, 0.29) is 0 Å². The van der Waals surface area contributed by atoms with Gasteiger partial charge in [0.2, 0.25) is 0 Å². The van der Waals surface area contributed by atoms with Crippen LogP contribution in [0.2, 0.25) is 5.02 Å². The van der Waals surface area contributed by atoms with Gasteiger partial charge in [0.25, 0.3) is 0 Å². The molecule has 2 heterocycles. The number of thiophene rings is 1. The van der Waals surface area contributed by atoms with Crippen molar-refractivity contribution in [2.75, 3.05) is 0 Å². The lowest BCUT2D eigenvalue weighted by Gasteiger charge is -1.95. The molecule has 0 fully saturated rings. The number of nitrogens with one attached hydrogen (secondary N) is 1. The number of aromatic nitrogens is 1. The van der Waals surface area contributed by atoms with Gasteiger partial charge in [-0.25, -0.2) is 0 Å². The summed E-state index contributed by atoms with van der Waals surface area (Å²) in [4.78, 5) is 3.57. The molecule has 0 unspecified atom stereocenters. The molecule has 0 saturated heterocycles. The molecular weight excluding hydrogens is 298 g/mol.